The summed E-state index contributed by atoms with van der Waals surface area (Å²) in [4.78, 5) is 4.13. The fourth-order valence-electron chi connectivity index (χ4n) is 1.81. The Morgan fingerprint density at radius 3 is 2.94 bits per heavy atom. The summed E-state index contributed by atoms with van der Waals surface area (Å²) in [5.74, 6) is 0. The van der Waals surface area contributed by atoms with Crippen molar-refractivity contribution < 1.29 is 0 Å². The first kappa shape index (κ1) is 11.5. The standard InChI is InChI=1S/C13H18N4/c1-3-17-9-15-7-11(17)8-16-13-5-4-10(2)6-12(13)14/h4-7,9,16H,3,8,14H2,1-2H3. The molecule has 0 radical (unpaired) electrons. The molecule has 2 rings (SSSR count). The SMILES string of the molecule is CCn1cncc1CNc1ccc(C)cc1N. The molecule has 17 heavy (non-hydrogen) atoms. The highest BCUT2D eigenvalue weighted by Crippen LogP contribution is 2.20. The predicted octanol–water partition coefficient (Wildman–Crippen LogP) is 2.41. The third-order valence-corrected chi connectivity index (χ3v) is 2.81. The molecule has 2 aromatic rings. The maximum atomic E-state index is 5.95. The monoisotopic (exact) mass is 230 g/mol. The van der Waals surface area contributed by atoms with Gasteiger partial charge in [0, 0.05) is 12.7 Å². The van der Waals surface area contributed by atoms with Crippen LogP contribution in [0.2, 0.25) is 0 Å². The van der Waals surface area contributed by atoms with Crippen LogP contribution in [0.3, 0.4) is 0 Å². The number of rotatable bonds is 4. The van der Waals surface area contributed by atoms with Crippen molar-refractivity contribution in [2.45, 2.75) is 26.9 Å². The van der Waals surface area contributed by atoms with Gasteiger partial charge < -0.3 is 15.6 Å². The molecule has 1 heterocycles. The Balaban J connectivity index is 2.07. The molecule has 0 unspecified atom stereocenters. The van der Waals surface area contributed by atoms with Crippen molar-refractivity contribution in [3.8, 4) is 0 Å². The fraction of sp³-hybridized carbons (Fsp3) is 0.308. The summed E-state index contributed by atoms with van der Waals surface area (Å²) in [6.07, 6.45) is 3.72. The van der Waals surface area contributed by atoms with Gasteiger partial charge in [-0.3, -0.25) is 0 Å². The van der Waals surface area contributed by atoms with Crippen LogP contribution < -0.4 is 11.1 Å². The van der Waals surface area contributed by atoms with Crippen LogP contribution in [-0.2, 0) is 13.1 Å². The predicted molar refractivity (Wildman–Crippen MR) is 70.8 cm³/mol. The summed E-state index contributed by atoms with van der Waals surface area (Å²) in [6.45, 7) is 5.80. The summed E-state index contributed by atoms with van der Waals surface area (Å²) in [7, 11) is 0. The number of hydrogen-bond donors (Lipinski definition) is 2. The summed E-state index contributed by atoms with van der Waals surface area (Å²) in [6, 6.07) is 6.03. The molecule has 3 N–H and O–H groups in total. The van der Waals surface area contributed by atoms with E-state index >= 15 is 0 Å². The zero-order valence-electron chi connectivity index (χ0n) is 10.3. The van der Waals surface area contributed by atoms with Gasteiger partial charge in [0.1, 0.15) is 0 Å². The van der Waals surface area contributed by atoms with Crippen LogP contribution in [0.15, 0.2) is 30.7 Å². The van der Waals surface area contributed by atoms with E-state index in [9.17, 15) is 0 Å². The second-order valence-corrected chi connectivity index (χ2v) is 4.12. The Bertz CT molecular complexity index is 502. The van der Waals surface area contributed by atoms with Crippen LogP contribution >= 0.6 is 0 Å². The molecule has 1 aromatic carbocycles. The number of aryl methyl sites for hydroxylation is 2. The van der Waals surface area contributed by atoms with E-state index in [0.717, 1.165) is 30.2 Å². The summed E-state index contributed by atoms with van der Waals surface area (Å²) >= 11 is 0. The summed E-state index contributed by atoms with van der Waals surface area (Å²) in [5.41, 5.74) is 10.0. The molecule has 0 saturated carbocycles. The average molecular weight is 230 g/mol. The summed E-state index contributed by atoms with van der Waals surface area (Å²) in [5, 5.41) is 3.33. The van der Waals surface area contributed by atoms with Gasteiger partial charge in [0.2, 0.25) is 0 Å². The summed E-state index contributed by atoms with van der Waals surface area (Å²) < 4.78 is 2.11. The van der Waals surface area contributed by atoms with Gasteiger partial charge in [0.05, 0.1) is 29.9 Å². The van der Waals surface area contributed by atoms with Crippen molar-refractivity contribution in [3.05, 3.63) is 42.0 Å². The molecule has 0 aliphatic rings. The van der Waals surface area contributed by atoms with Gasteiger partial charge in [0.25, 0.3) is 0 Å². The van der Waals surface area contributed by atoms with E-state index in [1.165, 1.54) is 5.56 Å². The fourth-order valence-corrected chi connectivity index (χ4v) is 1.81. The van der Waals surface area contributed by atoms with Crippen LogP contribution in [0.4, 0.5) is 11.4 Å². The van der Waals surface area contributed by atoms with E-state index in [0.29, 0.717) is 0 Å². The first-order valence-electron chi connectivity index (χ1n) is 5.79. The van der Waals surface area contributed by atoms with Crippen LogP contribution in [-0.4, -0.2) is 9.55 Å². The van der Waals surface area contributed by atoms with Gasteiger partial charge in [-0.25, -0.2) is 4.98 Å². The van der Waals surface area contributed by atoms with Gasteiger partial charge in [-0.1, -0.05) is 6.07 Å². The van der Waals surface area contributed by atoms with Crippen molar-refractivity contribution in [3.63, 3.8) is 0 Å². The Hall–Kier alpha value is -1.97. The molecule has 0 amide bonds. The lowest BCUT2D eigenvalue weighted by atomic mass is 10.2. The quantitative estimate of drug-likeness (QED) is 0.793. The normalized spacial score (nSPS) is 10.5. The number of hydrogen-bond acceptors (Lipinski definition) is 3. The molecule has 0 aliphatic carbocycles. The van der Waals surface area contributed by atoms with Crippen LogP contribution in [0.25, 0.3) is 0 Å². The second-order valence-electron chi connectivity index (χ2n) is 4.12. The van der Waals surface area contributed by atoms with Gasteiger partial charge >= 0.3 is 0 Å². The highest BCUT2D eigenvalue weighted by molar-refractivity contribution is 5.66. The minimum Gasteiger partial charge on any atom is -0.397 e. The maximum Gasteiger partial charge on any atom is 0.0948 e. The number of nitrogens with zero attached hydrogens (tertiary/aromatic N) is 2. The molecule has 4 heteroatoms. The smallest absolute Gasteiger partial charge is 0.0948 e. The Morgan fingerprint density at radius 1 is 1.41 bits per heavy atom. The molecule has 0 fully saturated rings. The largest absolute Gasteiger partial charge is 0.397 e. The molecule has 0 bridgehead atoms. The van der Waals surface area contributed by atoms with Crippen LogP contribution in [0.5, 0.6) is 0 Å². The number of anilines is 2. The minimum atomic E-state index is 0.737. The topological polar surface area (TPSA) is 55.9 Å². The highest BCUT2D eigenvalue weighted by Gasteiger charge is 2.02. The van der Waals surface area contributed by atoms with Crippen molar-refractivity contribution in [2.24, 2.45) is 0 Å². The zero-order chi connectivity index (χ0) is 12.3. The molecular formula is C13H18N4. The minimum absolute atomic E-state index is 0.737. The number of nitrogens with one attached hydrogen (secondary N) is 1. The molecule has 90 valence electrons. The average Bonchev–Trinajstić information content (AvgIpc) is 2.75. The van der Waals surface area contributed by atoms with Crippen molar-refractivity contribution >= 4 is 11.4 Å². The molecule has 1 aromatic heterocycles. The van der Waals surface area contributed by atoms with Gasteiger partial charge in [0.15, 0.2) is 0 Å². The van der Waals surface area contributed by atoms with Crippen molar-refractivity contribution in [2.75, 3.05) is 11.1 Å². The Kier molecular flexibility index (Phi) is 3.32. The molecule has 0 aliphatic heterocycles. The van der Waals surface area contributed by atoms with Gasteiger partial charge in [-0.2, -0.15) is 0 Å². The number of aromatic nitrogens is 2. The molecule has 0 spiro atoms. The van der Waals surface area contributed by atoms with E-state index in [-0.39, 0.29) is 0 Å². The van der Waals surface area contributed by atoms with E-state index in [2.05, 4.69) is 27.9 Å². The maximum absolute atomic E-state index is 5.95. The lowest BCUT2D eigenvalue weighted by Gasteiger charge is -2.11. The van der Waals surface area contributed by atoms with Crippen molar-refractivity contribution in [1.29, 1.82) is 0 Å². The van der Waals surface area contributed by atoms with Gasteiger partial charge in [-0.05, 0) is 31.5 Å². The number of imidazole rings is 1. The lowest BCUT2D eigenvalue weighted by Crippen LogP contribution is -2.07. The molecule has 0 saturated heterocycles. The Morgan fingerprint density at radius 2 is 2.24 bits per heavy atom. The van der Waals surface area contributed by atoms with E-state index in [1.807, 2.05) is 31.6 Å². The lowest BCUT2D eigenvalue weighted by molar-refractivity contribution is 0.720. The Labute approximate surface area is 101 Å². The number of benzene rings is 1. The second kappa shape index (κ2) is 4.91. The first-order valence-corrected chi connectivity index (χ1v) is 5.79. The van der Waals surface area contributed by atoms with E-state index < -0.39 is 0 Å². The van der Waals surface area contributed by atoms with Crippen LogP contribution in [0, 0.1) is 6.92 Å². The van der Waals surface area contributed by atoms with Crippen LogP contribution in [0.1, 0.15) is 18.2 Å². The van der Waals surface area contributed by atoms with E-state index in [4.69, 9.17) is 5.73 Å². The van der Waals surface area contributed by atoms with Crippen molar-refractivity contribution in [1.82, 2.24) is 9.55 Å². The number of nitrogen functional groups attached to an aromatic ring is 1. The zero-order valence-corrected chi connectivity index (χ0v) is 10.3. The molecule has 4 nitrogen and oxygen atoms in total. The van der Waals surface area contributed by atoms with Gasteiger partial charge in [-0.15, -0.1) is 0 Å². The molecular weight excluding hydrogens is 212 g/mol. The third kappa shape index (κ3) is 2.58. The number of nitrogens with two attached hydrogens (primary N) is 1. The first-order chi connectivity index (χ1) is 8.20. The third-order valence-electron chi connectivity index (χ3n) is 2.81. The van der Waals surface area contributed by atoms with E-state index in [1.54, 1.807) is 0 Å². The molecule has 0 atom stereocenters. The highest BCUT2D eigenvalue weighted by atomic mass is 15.1.